The molecule has 0 aliphatic rings. The summed E-state index contributed by atoms with van der Waals surface area (Å²) in [6.45, 7) is 0. The molecule has 0 atom stereocenters. The van der Waals surface area contributed by atoms with Crippen LogP contribution in [0.3, 0.4) is 0 Å². The number of benzene rings is 1. The maximum absolute atomic E-state index is 5.59. The molecule has 2 aromatic heterocycles. The Bertz CT molecular complexity index is 628. The van der Waals surface area contributed by atoms with Gasteiger partial charge in [-0.1, -0.05) is 23.4 Å². The number of anilines is 1. The number of thiazole rings is 1. The summed E-state index contributed by atoms with van der Waals surface area (Å²) in [5.74, 6) is 0. The Labute approximate surface area is 102 Å². The van der Waals surface area contributed by atoms with Crippen LogP contribution in [0.2, 0.25) is 0 Å². The number of nitrogens with two attached hydrogens (primary N) is 1. The van der Waals surface area contributed by atoms with E-state index in [1.165, 1.54) is 11.3 Å². The fourth-order valence-electron chi connectivity index (χ4n) is 1.49. The van der Waals surface area contributed by atoms with E-state index in [0.29, 0.717) is 5.13 Å². The van der Waals surface area contributed by atoms with Crippen molar-refractivity contribution >= 4 is 16.5 Å². The zero-order chi connectivity index (χ0) is 11.7. The van der Waals surface area contributed by atoms with E-state index in [2.05, 4.69) is 15.3 Å². The molecule has 0 aliphatic carbocycles. The predicted octanol–water partition coefficient (Wildman–Crippen LogP) is 1.97. The second kappa shape index (κ2) is 3.99. The van der Waals surface area contributed by atoms with Crippen molar-refractivity contribution in [3.8, 4) is 17.1 Å². The molecule has 84 valence electrons. The second-order valence-electron chi connectivity index (χ2n) is 3.45. The molecule has 2 N–H and O–H groups in total. The predicted molar refractivity (Wildman–Crippen MR) is 66.9 cm³/mol. The Balaban J connectivity index is 1.99. The van der Waals surface area contributed by atoms with E-state index in [9.17, 15) is 0 Å². The molecule has 0 spiro atoms. The summed E-state index contributed by atoms with van der Waals surface area (Å²) in [5, 5.41) is 10.5. The Kier molecular flexibility index (Phi) is 2.34. The third-order valence-corrected chi connectivity index (χ3v) is 2.97. The van der Waals surface area contributed by atoms with Crippen LogP contribution in [-0.2, 0) is 0 Å². The van der Waals surface area contributed by atoms with Crippen LogP contribution in [0.4, 0.5) is 5.13 Å². The Morgan fingerprint density at radius 3 is 2.65 bits per heavy atom. The standard InChI is InChI=1S/C11H9N5S/c12-11-13-10(7-17-11)9-6-16(15-14-9)8-4-2-1-3-5-8/h1-7H,(H2,12,13). The summed E-state index contributed by atoms with van der Waals surface area (Å²) in [6, 6.07) is 9.80. The van der Waals surface area contributed by atoms with Gasteiger partial charge in [-0.2, -0.15) is 0 Å². The summed E-state index contributed by atoms with van der Waals surface area (Å²) in [4.78, 5) is 4.17. The number of para-hydroxylation sites is 1. The number of hydrogen-bond acceptors (Lipinski definition) is 5. The van der Waals surface area contributed by atoms with Gasteiger partial charge in [0.05, 0.1) is 11.9 Å². The van der Waals surface area contributed by atoms with Gasteiger partial charge in [-0.15, -0.1) is 16.4 Å². The number of hydrogen-bond donors (Lipinski definition) is 1. The van der Waals surface area contributed by atoms with Gasteiger partial charge in [0, 0.05) is 5.38 Å². The smallest absolute Gasteiger partial charge is 0.180 e. The van der Waals surface area contributed by atoms with Crippen LogP contribution in [0, 0.1) is 0 Å². The van der Waals surface area contributed by atoms with Gasteiger partial charge in [-0.25, -0.2) is 9.67 Å². The molecule has 6 heteroatoms. The molecule has 0 radical (unpaired) electrons. The number of aromatic nitrogens is 4. The van der Waals surface area contributed by atoms with E-state index in [1.807, 2.05) is 41.9 Å². The molecule has 0 saturated heterocycles. The molecular weight excluding hydrogens is 234 g/mol. The van der Waals surface area contributed by atoms with Gasteiger partial charge >= 0.3 is 0 Å². The molecule has 3 aromatic rings. The van der Waals surface area contributed by atoms with Gasteiger partial charge in [0.25, 0.3) is 0 Å². The topological polar surface area (TPSA) is 69.6 Å². The van der Waals surface area contributed by atoms with E-state index in [0.717, 1.165) is 17.1 Å². The summed E-state index contributed by atoms with van der Waals surface area (Å²) in [7, 11) is 0. The molecule has 1 aromatic carbocycles. The van der Waals surface area contributed by atoms with Crippen molar-refractivity contribution in [1.82, 2.24) is 20.0 Å². The monoisotopic (exact) mass is 243 g/mol. The zero-order valence-corrected chi connectivity index (χ0v) is 9.63. The first-order chi connectivity index (χ1) is 8.33. The molecule has 0 unspecified atom stereocenters. The minimum atomic E-state index is 0.536. The quantitative estimate of drug-likeness (QED) is 0.747. The first-order valence-electron chi connectivity index (χ1n) is 5.02. The van der Waals surface area contributed by atoms with Crippen molar-refractivity contribution in [3.63, 3.8) is 0 Å². The zero-order valence-electron chi connectivity index (χ0n) is 8.82. The fourth-order valence-corrected chi connectivity index (χ4v) is 2.05. The van der Waals surface area contributed by atoms with Gasteiger partial charge in [0.1, 0.15) is 11.4 Å². The van der Waals surface area contributed by atoms with Gasteiger partial charge < -0.3 is 5.73 Å². The molecule has 0 aliphatic heterocycles. The molecular formula is C11H9N5S. The van der Waals surface area contributed by atoms with Gasteiger partial charge in [-0.3, -0.25) is 0 Å². The lowest BCUT2D eigenvalue weighted by atomic mass is 10.3. The summed E-state index contributed by atoms with van der Waals surface area (Å²) in [6.07, 6.45) is 1.84. The van der Waals surface area contributed by atoms with Crippen molar-refractivity contribution in [2.24, 2.45) is 0 Å². The molecule has 0 fully saturated rings. The molecule has 0 saturated carbocycles. The van der Waals surface area contributed by atoms with E-state index in [4.69, 9.17) is 5.73 Å². The second-order valence-corrected chi connectivity index (χ2v) is 4.34. The minimum absolute atomic E-state index is 0.536. The summed E-state index contributed by atoms with van der Waals surface area (Å²) in [5.41, 5.74) is 8.04. The first kappa shape index (κ1) is 9.98. The maximum Gasteiger partial charge on any atom is 0.180 e. The molecule has 0 bridgehead atoms. The van der Waals surface area contributed by atoms with Crippen LogP contribution in [0.1, 0.15) is 0 Å². The third-order valence-electron chi connectivity index (χ3n) is 2.30. The van der Waals surface area contributed by atoms with Crippen molar-refractivity contribution < 1.29 is 0 Å². The normalized spacial score (nSPS) is 10.6. The average molecular weight is 243 g/mol. The van der Waals surface area contributed by atoms with E-state index in [1.54, 1.807) is 4.68 Å². The van der Waals surface area contributed by atoms with Crippen LogP contribution in [0.25, 0.3) is 17.1 Å². The highest BCUT2D eigenvalue weighted by Crippen LogP contribution is 2.21. The van der Waals surface area contributed by atoms with Gasteiger partial charge in [-0.05, 0) is 12.1 Å². The van der Waals surface area contributed by atoms with E-state index < -0.39 is 0 Å². The lowest BCUT2D eigenvalue weighted by molar-refractivity contribution is 0.804. The summed E-state index contributed by atoms with van der Waals surface area (Å²) >= 11 is 1.39. The largest absolute Gasteiger partial charge is 0.375 e. The molecule has 17 heavy (non-hydrogen) atoms. The van der Waals surface area contributed by atoms with Crippen LogP contribution >= 0.6 is 11.3 Å². The first-order valence-corrected chi connectivity index (χ1v) is 5.90. The molecule has 2 heterocycles. The van der Waals surface area contributed by atoms with Crippen molar-refractivity contribution in [3.05, 3.63) is 41.9 Å². The lowest BCUT2D eigenvalue weighted by Gasteiger charge is -1.96. The Morgan fingerprint density at radius 1 is 1.12 bits per heavy atom. The highest BCUT2D eigenvalue weighted by molar-refractivity contribution is 7.13. The maximum atomic E-state index is 5.59. The highest BCUT2D eigenvalue weighted by atomic mass is 32.1. The highest BCUT2D eigenvalue weighted by Gasteiger charge is 2.07. The van der Waals surface area contributed by atoms with Crippen LogP contribution in [0.15, 0.2) is 41.9 Å². The van der Waals surface area contributed by atoms with Gasteiger partial charge in [0.15, 0.2) is 5.13 Å². The lowest BCUT2D eigenvalue weighted by Crippen LogP contribution is -1.93. The average Bonchev–Trinajstić information content (AvgIpc) is 2.98. The number of nitrogens with zero attached hydrogens (tertiary/aromatic N) is 4. The van der Waals surface area contributed by atoms with E-state index in [-0.39, 0.29) is 0 Å². The van der Waals surface area contributed by atoms with Crippen LogP contribution < -0.4 is 5.73 Å². The Morgan fingerprint density at radius 2 is 1.94 bits per heavy atom. The van der Waals surface area contributed by atoms with Crippen LogP contribution in [0.5, 0.6) is 0 Å². The van der Waals surface area contributed by atoms with Crippen LogP contribution in [-0.4, -0.2) is 20.0 Å². The van der Waals surface area contributed by atoms with Gasteiger partial charge in [0.2, 0.25) is 0 Å². The summed E-state index contributed by atoms with van der Waals surface area (Å²) < 4.78 is 1.71. The van der Waals surface area contributed by atoms with Crippen molar-refractivity contribution in [2.75, 3.05) is 5.73 Å². The third kappa shape index (κ3) is 1.90. The number of rotatable bonds is 2. The molecule has 3 rings (SSSR count). The van der Waals surface area contributed by atoms with Crippen molar-refractivity contribution in [2.45, 2.75) is 0 Å². The number of nitrogen functional groups attached to an aromatic ring is 1. The van der Waals surface area contributed by atoms with E-state index >= 15 is 0 Å². The van der Waals surface area contributed by atoms with Crippen molar-refractivity contribution in [1.29, 1.82) is 0 Å². The molecule has 5 nitrogen and oxygen atoms in total. The SMILES string of the molecule is Nc1nc(-c2cn(-c3ccccc3)nn2)cs1. The Hall–Kier alpha value is -2.21. The minimum Gasteiger partial charge on any atom is -0.375 e. The fraction of sp³-hybridized carbons (Fsp3) is 0. The molecule has 0 amide bonds.